The molecule has 2 aromatic rings. The maximum atomic E-state index is 5.92. The summed E-state index contributed by atoms with van der Waals surface area (Å²) in [5.41, 5.74) is 0.914. The highest BCUT2D eigenvalue weighted by Crippen LogP contribution is 2.20. The second kappa shape index (κ2) is 14.8. The molecule has 0 aliphatic rings. The molecule has 0 aliphatic carbocycles. The van der Waals surface area contributed by atoms with Gasteiger partial charge in [0.25, 0.3) is 0 Å². The zero-order valence-corrected chi connectivity index (χ0v) is 22.6. The van der Waals surface area contributed by atoms with Crippen LogP contribution in [0.15, 0.2) is 30.3 Å². The number of thiocarbonyl (C=S) groups is 1. The van der Waals surface area contributed by atoms with Crippen LogP contribution in [0.3, 0.4) is 0 Å². The molecule has 1 heterocycles. The van der Waals surface area contributed by atoms with Gasteiger partial charge >= 0.3 is 0 Å². The summed E-state index contributed by atoms with van der Waals surface area (Å²) in [7, 11) is 2.10. The molecule has 8 nitrogen and oxygen atoms in total. The molecule has 0 atom stereocenters. The zero-order valence-electron chi connectivity index (χ0n) is 21.1. The maximum absolute atomic E-state index is 5.92. The van der Waals surface area contributed by atoms with Crippen molar-refractivity contribution in [2.75, 3.05) is 79.8 Å². The summed E-state index contributed by atoms with van der Waals surface area (Å²) in [4.78, 5) is 16.3. The number of nitrogens with one attached hydrogen (secondary N) is 3. The Morgan fingerprint density at radius 3 is 2.15 bits per heavy atom. The van der Waals surface area contributed by atoms with Crippen molar-refractivity contribution in [3.8, 4) is 0 Å². The summed E-state index contributed by atoms with van der Waals surface area (Å²) in [6, 6.07) is 9.52. The fraction of sp³-hybridized carbons (Fsp3) is 0.542. The van der Waals surface area contributed by atoms with Crippen molar-refractivity contribution < 1.29 is 0 Å². The van der Waals surface area contributed by atoms with E-state index in [0.717, 1.165) is 75.6 Å². The first-order valence-electron chi connectivity index (χ1n) is 12.0. The van der Waals surface area contributed by atoms with E-state index in [-0.39, 0.29) is 0 Å². The van der Waals surface area contributed by atoms with E-state index in [9.17, 15) is 0 Å². The first-order valence-corrected chi connectivity index (χ1v) is 12.8. The van der Waals surface area contributed by atoms with Gasteiger partial charge in [0, 0.05) is 69.1 Å². The SMILES string of the molecule is CCN(CC)c1cc(NCCN(C)CCNC(=S)Nc2ccc(Cl)cc2)nc(N(CC)CC)n1. The van der Waals surface area contributed by atoms with Gasteiger partial charge < -0.3 is 30.7 Å². The Labute approximate surface area is 215 Å². The van der Waals surface area contributed by atoms with Crippen molar-refractivity contribution in [2.45, 2.75) is 27.7 Å². The monoisotopic (exact) mass is 506 g/mol. The number of halogens is 1. The van der Waals surface area contributed by atoms with Crippen LogP contribution in [0.4, 0.5) is 23.3 Å². The molecule has 0 fully saturated rings. The van der Waals surface area contributed by atoms with E-state index < -0.39 is 0 Å². The minimum atomic E-state index is 0.600. The van der Waals surface area contributed by atoms with Crippen LogP contribution in [0.2, 0.25) is 5.02 Å². The molecule has 0 radical (unpaired) electrons. The maximum Gasteiger partial charge on any atom is 0.229 e. The average Bonchev–Trinajstić information content (AvgIpc) is 2.82. The predicted molar refractivity (Wildman–Crippen MR) is 151 cm³/mol. The molecule has 0 spiro atoms. The van der Waals surface area contributed by atoms with E-state index in [4.69, 9.17) is 33.8 Å². The van der Waals surface area contributed by atoms with Gasteiger partial charge in [-0.1, -0.05) is 11.6 Å². The Morgan fingerprint density at radius 1 is 0.912 bits per heavy atom. The number of nitrogens with zero attached hydrogens (tertiary/aromatic N) is 5. The molecule has 0 saturated heterocycles. The van der Waals surface area contributed by atoms with Crippen LogP contribution in [0.1, 0.15) is 27.7 Å². The van der Waals surface area contributed by atoms with Gasteiger partial charge in [-0.15, -0.1) is 0 Å². The lowest BCUT2D eigenvalue weighted by Gasteiger charge is -2.25. The summed E-state index contributed by atoms with van der Waals surface area (Å²) in [6.07, 6.45) is 0. The van der Waals surface area contributed by atoms with Crippen molar-refractivity contribution in [1.82, 2.24) is 20.2 Å². The Morgan fingerprint density at radius 2 is 1.53 bits per heavy atom. The van der Waals surface area contributed by atoms with E-state index in [1.807, 2.05) is 30.3 Å². The third-order valence-corrected chi connectivity index (χ3v) is 6.01. The number of hydrogen-bond acceptors (Lipinski definition) is 7. The summed E-state index contributed by atoms with van der Waals surface area (Å²) >= 11 is 11.3. The number of rotatable bonds is 14. The van der Waals surface area contributed by atoms with Crippen LogP contribution in [-0.2, 0) is 0 Å². The standard InChI is InChI=1S/C24H39ClN8S/c1-6-32(7-2)22-18-21(29-23(30-22)33(8-3)9-4)26-14-16-31(5)17-15-27-24(34)28-20-12-10-19(25)11-13-20/h10-13,18H,6-9,14-17H2,1-5H3,(H,26,29,30)(H2,27,28,34). The first-order chi connectivity index (χ1) is 16.4. The fourth-order valence-corrected chi connectivity index (χ4v) is 3.77. The Bertz CT molecular complexity index is 842. The first kappa shape index (κ1) is 27.9. The van der Waals surface area contributed by atoms with Crippen molar-refractivity contribution in [1.29, 1.82) is 0 Å². The molecule has 0 unspecified atom stereocenters. The van der Waals surface area contributed by atoms with E-state index in [2.05, 4.69) is 65.4 Å². The molecule has 1 aromatic heterocycles. The molecule has 188 valence electrons. The van der Waals surface area contributed by atoms with Gasteiger partial charge in [0.15, 0.2) is 5.11 Å². The molecule has 10 heteroatoms. The number of anilines is 4. The van der Waals surface area contributed by atoms with Gasteiger partial charge in [-0.25, -0.2) is 0 Å². The third-order valence-electron chi connectivity index (χ3n) is 5.52. The number of likely N-dealkylation sites (N-methyl/N-ethyl adjacent to an activating group) is 1. The molecule has 1 aromatic carbocycles. The molecule has 3 N–H and O–H groups in total. The highest BCUT2D eigenvalue weighted by molar-refractivity contribution is 7.80. The minimum absolute atomic E-state index is 0.600. The Kier molecular flexibility index (Phi) is 12.1. The lowest BCUT2D eigenvalue weighted by atomic mass is 10.3. The van der Waals surface area contributed by atoms with Crippen molar-refractivity contribution in [3.05, 3.63) is 35.4 Å². The zero-order chi connectivity index (χ0) is 24.9. The molecule has 0 bridgehead atoms. The van der Waals surface area contributed by atoms with E-state index in [1.54, 1.807) is 0 Å². The molecule has 0 aliphatic heterocycles. The largest absolute Gasteiger partial charge is 0.369 e. The van der Waals surface area contributed by atoms with E-state index in [0.29, 0.717) is 10.1 Å². The van der Waals surface area contributed by atoms with Crippen LogP contribution in [0.25, 0.3) is 0 Å². The van der Waals surface area contributed by atoms with Gasteiger partial charge in [0.1, 0.15) is 11.6 Å². The molecule has 34 heavy (non-hydrogen) atoms. The van der Waals surface area contributed by atoms with E-state index in [1.165, 1.54) is 0 Å². The molecule has 2 rings (SSSR count). The topological polar surface area (TPSA) is 71.6 Å². The smallest absolute Gasteiger partial charge is 0.229 e. The summed E-state index contributed by atoms with van der Waals surface area (Å²) in [5.74, 6) is 2.60. The second-order valence-electron chi connectivity index (χ2n) is 7.87. The number of benzene rings is 1. The number of aromatic nitrogens is 2. The minimum Gasteiger partial charge on any atom is -0.369 e. The molecular formula is C24H39ClN8S. The second-order valence-corrected chi connectivity index (χ2v) is 8.72. The summed E-state index contributed by atoms with van der Waals surface area (Å²) in [5, 5.41) is 11.2. The van der Waals surface area contributed by atoms with Crippen molar-refractivity contribution in [3.63, 3.8) is 0 Å². The highest BCUT2D eigenvalue weighted by atomic mass is 35.5. The third kappa shape index (κ3) is 9.12. The summed E-state index contributed by atoms with van der Waals surface area (Å²) < 4.78 is 0. The molecular weight excluding hydrogens is 468 g/mol. The van der Waals surface area contributed by atoms with Crippen molar-refractivity contribution in [2.24, 2.45) is 0 Å². The lowest BCUT2D eigenvalue weighted by Crippen LogP contribution is -2.36. The highest BCUT2D eigenvalue weighted by Gasteiger charge is 2.13. The summed E-state index contributed by atoms with van der Waals surface area (Å²) in [6.45, 7) is 15.4. The predicted octanol–water partition coefficient (Wildman–Crippen LogP) is 4.15. The van der Waals surface area contributed by atoms with Gasteiger partial charge in [-0.2, -0.15) is 9.97 Å². The van der Waals surface area contributed by atoms with Crippen LogP contribution < -0.4 is 25.8 Å². The fourth-order valence-electron chi connectivity index (χ4n) is 3.43. The van der Waals surface area contributed by atoms with Gasteiger partial charge in [-0.3, -0.25) is 0 Å². The van der Waals surface area contributed by atoms with Gasteiger partial charge in [0.2, 0.25) is 5.95 Å². The van der Waals surface area contributed by atoms with Crippen LogP contribution in [0.5, 0.6) is 0 Å². The molecule has 0 saturated carbocycles. The van der Waals surface area contributed by atoms with Crippen LogP contribution in [-0.4, -0.2) is 79.4 Å². The number of hydrogen-bond donors (Lipinski definition) is 3. The van der Waals surface area contributed by atoms with Crippen molar-refractivity contribution >= 4 is 52.2 Å². The van der Waals surface area contributed by atoms with Crippen LogP contribution >= 0.6 is 23.8 Å². The lowest BCUT2D eigenvalue weighted by molar-refractivity contribution is 0.352. The van der Waals surface area contributed by atoms with Gasteiger partial charge in [0.05, 0.1) is 0 Å². The average molecular weight is 507 g/mol. The Hall–Kier alpha value is -2.36. The molecule has 0 amide bonds. The van der Waals surface area contributed by atoms with Gasteiger partial charge in [-0.05, 0) is 71.2 Å². The normalized spacial score (nSPS) is 10.8. The van der Waals surface area contributed by atoms with Crippen LogP contribution in [0, 0.1) is 0 Å². The Balaban J connectivity index is 1.82. The quantitative estimate of drug-likeness (QED) is 0.328. The van der Waals surface area contributed by atoms with E-state index >= 15 is 0 Å².